The van der Waals surface area contributed by atoms with Crippen LogP contribution in [0.3, 0.4) is 0 Å². The minimum absolute atomic E-state index is 0. The second-order valence-corrected chi connectivity index (χ2v) is 7.29. The van der Waals surface area contributed by atoms with Gasteiger partial charge in [0.2, 0.25) is 0 Å². The molecule has 2 aromatic carbocycles. The van der Waals surface area contributed by atoms with E-state index in [0.717, 1.165) is 56.2 Å². The summed E-state index contributed by atoms with van der Waals surface area (Å²) in [4.78, 5) is 18.7. The van der Waals surface area contributed by atoms with Crippen LogP contribution in [0.1, 0.15) is 35.7 Å². The van der Waals surface area contributed by atoms with E-state index in [1.54, 1.807) is 12.1 Å². The maximum Gasteiger partial charge on any atom is 0.337 e. The summed E-state index contributed by atoms with van der Waals surface area (Å²) in [6, 6.07) is 17.5. The lowest BCUT2D eigenvalue weighted by molar-refractivity contribution is 0.0600. The average Bonchev–Trinajstić information content (AvgIpc) is 2.80. The van der Waals surface area contributed by atoms with Crippen LogP contribution in [0.25, 0.3) is 0 Å². The van der Waals surface area contributed by atoms with Crippen molar-refractivity contribution in [3.8, 4) is 5.75 Å². The number of carbonyl (C=O) groups is 1. The first-order chi connectivity index (χ1) is 14.7. The molecule has 0 bridgehead atoms. The number of rotatable bonds is 7. The molecule has 3 rings (SSSR count). The fraction of sp³-hybridized carbons (Fsp3) is 0.417. The maximum absolute atomic E-state index is 11.5. The van der Waals surface area contributed by atoms with Gasteiger partial charge in [0.1, 0.15) is 11.9 Å². The number of benzene rings is 2. The molecule has 0 saturated carbocycles. The zero-order chi connectivity index (χ0) is 21.2. The third kappa shape index (κ3) is 7.72. The summed E-state index contributed by atoms with van der Waals surface area (Å²) < 4.78 is 10.8. The lowest BCUT2D eigenvalue weighted by Crippen LogP contribution is -2.47. The number of guanidine groups is 1. The first-order valence-corrected chi connectivity index (χ1v) is 10.6. The van der Waals surface area contributed by atoms with Gasteiger partial charge in [0.05, 0.1) is 12.7 Å². The standard InChI is InChI=1S/C24H31N3O3.HI/c1-3-25-24(26-16-13-19-9-11-20(12-10-19)23(28)29-2)27-17-14-22(15-18-27)30-21-7-5-4-6-8-21;/h4-12,22H,3,13-18H2,1-2H3,(H,25,26);1H. The number of piperidine rings is 1. The van der Waals surface area contributed by atoms with Crippen LogP contribution >= 0.6 is 24.0 Å². The molecule has 0 atom stereocenters. The molecule has 1 N–H and O–H groups in total. The van der Waals surface area contributed by atoms with Gasteiger partial charge in [-0.1, -0.05) is 30.3 Å². The number of para-hydroxylation sites is 1. The number of halogens is 1. The van der Waals surface area contributed by atoms with Crippen molar-refractivity contribution < 1.29 is 14.3 Å². The van der Waals surface area contributed by atoms with Gasteiger partial charge in [-0.25, -0.2) is 4.79 Å². The summed E-state index contributed by atoms with van der Waals surface area (Å²) in [7, 11) is 1.39. The molecule has 1 heterocycles. The minimum atomic E-state index is -0.311. The van der Waals surface area contributed by atoms with Gasteiger partial charge in [-0.3, -0.25) is 4.99 Å². The molecular formula is C24H32IN3O3. The molecule has 0 aromatic heterocycles. The van der Waals surface area contributed by atoms with Crippen molar-refractivity contribution >= 4 is 35.9 Å². The highest BCUT2D eigenvalue weighted by molar-refractivity contribution is 14.0. The average molecular weight is 537 g/mol. The third-order valence-corrected chi connectivity index (χ3v) is 5.16. The predicted molar refractivity (Wildman–Crippen MR) is 135 cm³/mol. The van der Waals surface area contributed by atoms with Crippen molar-refractivity contribution in [2.24, 2.45) is 4.99 Å². The molecule has 168 valence electrons. The number of hydrogen-bond acceptors (Lipinski definition) is 4. The van der Waals surface area contributed by atoms with Gasteiger partial charge in [-0.15, -0.1) is 24.0 Å². The van der Waals surface area contributed by atoms with Crippen LogP contribution < -0.4 is 10.1 Å². The Morgan fingerprint density at radius 2 is 1.77 bits per heavy atom. The normalized spacial score (nSPS) is 14.5. The highest BCUT2D eigenvalue weighted by atomic mass is 127. The predicted octanol–water partition coefficient (Wildman–Crippen LogP) is 4.14. The molecule has 0 amide bonds. The van der Waals surface area contributed by atoms with E-state index in [4.69, 9.17) is 14.5 Å². The molecule has 7 heteroatoms. The van der Waals surface area contributed by atoms with Crippen LogP contribution in [0.4, 0.5) is 0 Å². The van der Waals surface area contributed by atoms with E-state index in [1.807, 2.05) is 42.5 Å². The van der Waals surface area contributed by atoms with Gasteiger partial charge in [0.15, 0.2) is 5.96 Å². The number of hydrogen-bond donors (Lipinski definition) is 1. The fourth-order valence-corrected chi connectivity index (χ4v) is 3.52. The number of nitrogens with zero attached hydrogens (tertiary/aromatic N) is 2. The SMILES string of the molecule is CCNC(=NCCc1ccc(C(=O)OC)cc1)N1CCC(Oc2ccccc2)CC1.I. The van der Waals surface area contributed by atoms with Gasteiger partial charge in [-0.2, -0.15) is 0 Å². The Morgan fingerprint density at radius 1 is 1.10 bits per heavy atom. The van der Waals surface area contributed by atoms with Crippen molar-refractivity contribution in [3.05, 3.63) is 65.7 Å². The quantitative estimate of drug-likeness (QED) is 0.249. The van der Waals surface area contributed by atoms with Gasteiger partial charge in [0, 0.05) is 39.0 Å². The monoisotopic (exact) mass is 537 g/mol. The molecule has 1 fully saturated rings. The Balaban J connectivity index is 0.00000341. The molecule has 1 aliphatic heterocycles. The van der Waals surface area contributed by atoms with Crippen LogP contribution in [-0.4, -0.2) is 56.2 Å². The van der Waals surface area contributed by atoms with E-state index in [-0.39, 0.29) is 36.0 Å². The summed E-state index contributed by atoms with van der Waals surface area (Å²) in [6.45, 7) is 5.48. The minimum Gasteiger partial charge on any atom is -0.490 e. The van der Waals surface area contributed by atoms with Gasteiger partial charge in [0.25, 0.3) is 0 Å². The topological polar surface area (TPSA) is 63.2 Å². The second kappa shape index (κ2) is 13.2. The van der Waals surface area contributed by atoms with Gasteiger partial charge < -0.3 is 19.7 Å². The molecule has 6 nitrogen and oxygen atoms in total. The van der Waals surface area contributed by atoms with Crippen LogP contribution in [0.5, 0.6) is 5.75 Å². The van der Waals surface area contributed by atoms with E-state index in [2.05, 4.69) is 17.1 Å². The van der Waals surface area contributed by atoms with Crippen LogP contribution in [0.15, 0.2) is 59.6 Å². The fourth-order valence-electron chi connectivity index (χ4n) is 3.52. The van der Waals surface area contributed by atoms with E-state index in [1.165, 1.54) is 7.11 Å². The Morgan fingerprint density at radius 3 is 2.39 bits per heavy atom. The lowest BCUT2D eigenvalue weighted by Gasteiger charge is -2.34. The van der Waals surface area contributed by atoms with Gasteiger partial charge >= 0.3 is 5.97 Å². The Hall–Kier alpha value is -2.29. The molecule has 0 aliphatic carbocycles. The highest BCUT2D eigenvalue weighted by Gasteiger charge is 2.22. The molecule has 31 heavy (non-hydrogen) atoms. The van der Waals surface area contributed by atoms with Gasteiger partial charge in [-0.05, 0) is 43.2 Å². The van der Waals surface area contributed by atoms with Crippen molar-refractivity contribution in [1.29, 1.82) is 0 Å². The first-order valence-electron chi connectivity index (χ1n) is 10.6. The van der Waals surface area contributed by atoms with Crippen molar-refractivity contribution in [2.45, 2.75) is 32.3 Å². The number of methoxy groups -OCH3 is 1. The van der Waals surface area contributed by atoms with Crippen LogP contribution in [-0.2, 0) is 11.2 Å². The number of aliphatic imine (C=N–C) groups is 1. The van der Waals surface area contributed by atoms with Crippen molar-refractivity contribution in [3.63, 3.8) is 0 Å². The Labute approximate surface area is 202 Å². The number of esters is 1. The largest absolute Gasteiger partial charge is 0.490 e. The number of nitrogens with one attached hydrogen (secondary N) is 1. The molecule has 1 saturated heterocycles. The van der Waals surface area contributed by atoms with E-state index in [9.17, 15) is 4.79 Å². The molecule has 1 aliphatic rings. The summed E-state index contributed by atoms with van der Waals surface area (Å²) in [5.74, 6) is 1.59. The number of likely N-dealkylation sites (tertiary alicyclic amines) is 1. The van der Waals surface area contributed by atoms with E-state index >= 15 is 0 Å². The zero-order valence-corrected chi connectivity index (χ0v) is 20.6. The number of ether oxygens (including phenoxy) is 2. The van der Waals surface area contributed by atoms with Crippen LogP contribution in [0.2, 0.25) is 0 Å². The van der Waals surface area contributed by atoms with Crippen molar-refractivity contribution in [2.75, 3.05) is 33.3 Å². The van der Waals surface area contributed by atoms with Crippen molar-refractivity contribution in [1.82, 2.24) is 10.2 Å². The molecule has 0 radical (unpaired) electrons. The summed E-state index contributed by atoms with van der Waals surface area (Å²) in [5, 5.41) is 3.41. The Bertz CT molecular complexity index is 820. The summed E-state index contributed by atoms with van der Waals surface area (Å²) in [5.41, 5.74) is 1.72. The third-order valence-electron chi connectivity index (χ3n) is 5.16. The zero-order valence-electron chi connectivity index (χ0n) is 18.3. The highest BCUT2D eigenvalue weighted by Crippen LogP contribution is 2.18. The number of carbonyl (C=O) groups excluding carboxylic acids is 1. The second-order valence-electron chi connectivity index (χ2n) is 7.29. The van der Waals surface area contributed by atoms with E-state index < -0.39 is 0 Å². The molecule has 2 aromatic rings. The first kappa shape index (κ1) is 25.0. The van der Waals surface area contributed by atoms with Crippen LogP contribution in [0, 0.1) is 0 Å². The van der Waals surface area contributed by atoms with E-state index in [0.29, 0.717) is 12.1 Å². The maximum atomic E-state index is 11.5. The lowest BCUT2D eigenvalue weighted by atomic mass is 10.1. The molecule has 0 spiro atoms. The summed E-state index contributed by atoms with van der Waals surface area (Å²) in [6.07, 6.45) is 3.03. The molecular weight excluding hydrogens is 505 g/mol. The smallest absolute Gasteiger partial charge is 0.337 e. The summed E-state index contributed by atoms with van der Waals surface area (Å²) >= 11 is 0. The Kier molecular flexibility index (Phi) is 10.6. The molecule has 0 unspecified atom stereocenters.